The summed E-state index contributed by atoms with van der Waals surface area (Å²) in [5, 5.41) is 3.46. The molecule has 3 heterocycles. The molecule has 0 unspecified atom stereocenters. The normalized spacial score (nSPS) is 18.1. The molecule has 0 radical (unpaired) electrons. The highest BCUT2D eigenvalue weighted by Gasteiger charge is 2.32. The van der Waals surface area contributed by atoms with E-state index in [1.807, 2.05) is 47.9 Å². The molecule has 6 rings (SSSR count). The van der Waals surface area contributed by atoms with Gasteiger partial charge in [0.15, 0.2) is 0 Å². The number of anilines is 1. The molecule has 1 saturated heterocycles. The molecule has 2 aliphatic heterocycles. The summed E-state index contributed by atoms with van der Waals surface area (Å²) in [7, 11) is 1.38. The van der Waals surface area contributed by atoms with Gasteiger partial charge in [0, 0.05) is 42.5 Å². The zero-order valence-corrected chi connectivity index (χ0v) is 23.2. The minimum Gasteiger partial charge on any atom is -0.493 e. The maximum absolute atomic E-state index is 12.9. The number of esters is 1. The van der Waals surface area contributed by atoms with Crippen LogP contribution in [-0.4, -0.2) is 42.2 Å². The first-order valence-electron chi connectivity index (χ1n) is 13.8. The lowest BCUT2D eigenvalue weighted by molar-refractivity contribution is -0.274. The topological polar surface area (TPSA) is 83.8 Å². The summed E-state index contributed by atoms with van der Waals surface area (Å²) in [6.45, 7) is 3.58. The number of nitrogens with zero attached hydrogens (tertiary/aromatic N) is 2. The number of aromatic nitrogens is 2. The molecule has 1 fully saturated rings. The number of methoxy groups -OCH3 is 1. The van der Waals surface area contributed by atoms with Crippen molar-refractivity contribution in [2.75, 3.05) is 25.6 Å². The summed E-state index contributed by atoms with van der Waals surface area (Å²) < 4.78 is 61.3. The second kappa shape index (κ2) is 11.2. The van der Waals surface area contributed by atoms with Gasteiger partial charge < -0.3 is 24.3 Å². The highest BCUT2D eigenvalue weighted by atomic mass is 19.4. The van der Waals surface area contributed by atoms with E-state index >= 15 is 0 Å². The van der Waals surface area contributed by atoms with Gasteiger partial charge in [-0.3, -0.25) is 9.36 Å². The number of fused-ring (bicyclic) bond motifs is 2. The number of benzene rings is 3. The van der Waals surface area contributed by atoms with Crippen LogP contribution in [0, 0.1) is 6.92 Å². The number of alkyl halides is 3. The largest absolute Gasteiger partial charge is 0.573 e. The van der Waals surface area contributed by atoms with E-state index in [-0.39, 0.29) is 30.2 Å². The van der Waals surface area contributed by atoms with Gasteiger partial charge >= 0.3 is 12.3 Å². The van der Waals surface area contributed by atoms with Crippen molar-refractivity contribution in [3.05, 3.63) is 77.1 Å². The minimum absolute atomic E-state index is 0.0282. The fourth-order valence-corrected chi connectivity index (χ4v) is 5.67. The number of ether oxygens (including phenoxy) is 4. The zero-order valence-electron chi connectivity index (χ0n) is 23.2. The molecule has 2 atom stereocenters. The van der Waals surface area contributed by atoms with Crippen molar-refractivity contribution in [2.24, 2.45) is 0 Å². The second-order valence-corrected chi connectivity index (χ2v) is 10.5. The predicted molar refractivity (Wildman–Crippen MR) is 149 cm³/mol. The summed E-state index contributed by atoms with van der Waals surface area (Å²) in [6, 6.07) is 16.1. The molecule has 4 aromatic rings. The summed E-state index contributed by atoms with van der Waals surface area (Å²) in [6.07, 6.45) is -3.12. The molecule has 11 heteroatoms. The van der Waals surface area contributed by atoms with E-state index in [1.165, 1.54) is 19.2 Å². The van der Waals surface area contributed by atoms with Gasteiger partial charge in [0.2, 0.25) is 0 Å². The van der Waals surface area contributed by atoms with Crippen LogP contribution in [0.3, 0.4) is 0 Å². The molecule has 0 aliphatic carbocycles. The van der Waals surface area contributed by atoms with E-state index in [0.717, 1.165) is 46.7 Å². The maximum atomic E-state index is 12.9. The zero-order chi connectivity index (χ0) is 29.4. The Morgan fingerprint density at radius 1 is 1.17 bits per heavy atom. The lowest BCUT2D eigenvalue weighted by Gasteiger charge is -2.18. The molecule has 0 amide bonds. The van der Waals surface area contributed by atoms with Crippen LogP contribution in [0.2, 0.25) is 0 Å². The first kappa shape index (κ1) is 27.9. The van der Waals surface area contributed by atoms with E-state index in [0.29, 0.717) is 36.6 Å². The van der Waals surface area contributed by atoms with Crippen molar-refractivity contribution in [1.82, 2.24) is 9.55 Å². The summed E-state index contributed by atoms with van der Waals surface area (Å²) in [4.78, 5) is 16.5. The van der Waals surface area contributed by atoms with Crippen LogP contribution in [0.4, 0.5) is 18.9 Å². The second-order valence-electron chi connectivity index (χ2n) is 10.5. The third-order valence-corrected chi connectivity index (χ3v) is 7.78. The van der Waals surface area contributed by atoms with Gasteiger partial charge in [-0.05, 0) is 55.2 Å². The Morgan fingerprint density at radius 2 is 2.02 bits per heavy atom. The fraction of sp³-hybridized carbons (Fsp3) is 0.355. The van der Waals surface area contributed by atoms with Crippen molar-refractivity contribution >= 4 is 22.7 Å². The number of imidazole rings is 1. The van der Waals surface area contributed by atoms with Crippen LogP contribution < -0.4 is 14.8 Å². The highest BCUT2D eigenvalue weighted by molar-refractivity contribution is 5.80. The van der Waals surface area contributed by atoms with Gasteiger partial charge in [0.05, 0.1) is 36.9 Å². The van der Waals surface area contributed by atoms with Crippen LogP contribution in [0.5, 0.6) is 11.5 Å². The smallest absolute Gasteiger partial charge is 0.493 e. The average Bonchev–Trinajstić information content (AvgIpc) is 3.70. The third kappa shape index (κ3) is 5.61. The van der Waals surface area contributed by atoms with Gasteiger partial charge in [-0.2, -0.15) is 0 Å². The number of hydrogen-bond acceptors (Lipinski definition) is 7. The number of hydrogen-bond donors (Lipinski definition) is 1. The van der Waals surface area contributed by atoms with Crippen LogP contribution in [-0.2, 0) is 20.8 Å². The average molecular weight is 582 g/mol. The van der Waals surface area contributed by atoms with Crippen LogP contribution >= 0.6 is 0 Å². The van der Waals surface area contributed by atoms with Gasteiger partial charge in [0.1, 0.15) is 23.4 Å². The Hall–Kier alpha value is -4.25. The Labute approximate surface area is 240 Å². The number of carbonyl (C=O) groups excluding carboxylic acids is 1. The van der Waals surface area contributed by atoms with E-state index in [4.69, 9.17) is 19.2 Å². The predicted octanol–water partition coefficient (Wildman–Crippen LogP) is 6.74. The SMILES string of the molecule is COC(=O)C[C@@H]1COc2cc(NCc3cccc(-n4c([C@H]5CCCO5)nc5cc(OC(F)(F)F)ccc54)c3C)ccc21. The lowest BCUT2D eigenvalue weighted by Crippen LogP contribution is -2.17. The monoisotopic (exact) mass is 581 g/mol. The number of halogens is 3. The first-order valence-corrected chi connectivity index (χ1v) is 13.8. The Balaban J connectivity index is 1.28. The molecular weight excluding hydrogens is 551 g/mol. The molecule has 0 bridgehead atoms. The molecular formula is C31H30F3N3O5. The molecule has 0 spiro atoms. The Kier molecular flexibility index (Phi) is 7.44. The van der Waals surface area contributed by atoms with Crippen LogP contribution in [0.1, 0.15) is 53.8 Å². The van der Waals surface area contributed by atoms with Crippen molar-refractivity contribution in [2.45, 2.75) is 51.1 Å². The number of carbonyl (C=O) groups is 1. The first-order chi connectivity index (χ1) is 20.2. The van der Waals surface area contributed by atoms with E-state index < -0.39 is 6.36 Å². The Bertz CT molecular complexity index is 1630. The van der Waals surface area contributed by atoms with Gasteiger partial charge in [-0.25, -0.2) is 4.98 Å². The number of nitrogens with one attached hydrogen (secondary N) is 1. The minimum atomic E-state index is -4.79. The van der Waals surface area contributed by atoms with E-state index in [2.05, 4.69) is 10.1 Å². The molecule has 220 valence electrons. The molecule has 8 nitrogen and oxygen atoms in total. The summed E-state index contributed by atoms with van der Waals surface area (Å²) in [5.41, 5.74) is 5.83. The van der Waals surface area contributed by atoms with Crippen LogP contribution in [0.25, 0.3) is 16.7 Å². The van der Waals surface area contributed by atoms with E-state index in [9.17, 15) is 18.0 Å². The van der Waals surface area contributed by atoms with Crippen molar-refractivity contribution in [1.29, 1.82) is 0 Å². The van der Waals surface area contributed by atoms with Crippen molar-refractivity contribution < 1.29 is 36.9 Å². The molecule has 2 aliphatic rings. The molecule has 42 heavy (non-hydrogen) atoms. The number of rotatable bonds is 8. The quantitative estimate of drug-likeness (QED) is 0.231. The van der Waals surface area contributed by atoms with Crippen molar-refractivity contribution in [3.63, 3.8) is 0 Å². The molecule has 1 N–H and O–H groups in total. The fourth-order valence-electron chi connectivity index (χ4n) is 5.67. The maximum Gasteiger partial charge on any atom is 0.573 e. The van der Waals surface area contributed by atoms with Gasteiger partial charge in [-0.15, -0.1) is 13.2 Å². The standard InChI is InChI=1S/C31H30F3N3O5/c1-18-19(16-35-21-8-10-23-20(13-29(38)39-2)17-41-28(23)14-21)5-3-6-25(18)37-26-11-9-22(42-31(32,33)34)15-24(26)36-30(37)27-7-4-12-40-27/h3,5-6,8-11,14-15,20,27,35H,4,7,12-13,16-17H2,1-2H3/t20-,27-/m1/s1. The van der Waals surface area contributed by atoms with E-state index in [1.54, 1.807) is 6.07 Å². The third-order valence-electron chi connectivity index (χ3n) is 7.78. The molecule has 3 aromatic carbocycles. The lowest BCUT2D eigenvalue weighted by atomic mass is 9.97. The van der Waals surface area contributed by atoms with Crippen molar-refractivity contribution in [3.8, 4) is 17.2 Å². The molecule has 0 saturated carbocycles. The summed E-state index contributed by atoms with van der Waals surface area (Å²) in [5.74, 6) is 0.789. The van der Waals surface area contributed by atoms with Gasteiger partial charge in [0.25, 0.3) is 0 Å². The molecule has 1 aromatic heterocycles. The Morgan fingerprint density at radius 3 is 2.79 bits per heavy atom. The van der Waals surface area contributed by atoms with Gasteiger partial charge in [-0.1, -0.05) is 18.2 Å². The summed E-state index contributed by atoms with van der Waals surface area (Å²) >= 11 is 0. The highest BCUT2D eigenvalue weighted by Crippen LogP contribution is 2.39. The van der Waals surface area contributed by atoms with Crippen LogP contribution in [0.15, 0.2) is 54.6 Å².